The Kier molecular flexibility index (Phi) is 4.26. The quantitative estimate of drug-likeness (QED) is 0.905. The van der Waals surface area contributed by atoms with Crippen LogP contribution >= 0.6 is 0 Å². The first-order chi connectivity index (χ1) is 10.1. The second kappa shape index (κ2) is 6.00. The summed E-state index contributed by atoms with van der Waals surface area (Å²) < 4.78 is 5.58. The topological polar surface area (TPSA) is 35.2 Å². The zero-order valence-corrected chi connectivity index (χ0v) is 13.5. The van der Waals surface area contributed by atoms with Crippen LogP contribution in [0.5, 0.6) is 5.75 Å². The fourth-order valence-electron chi connectivity index (χ4n) is 3.92. The number of ether oxygens (including phenoxy) is 1. The van der Waals surface area contributed by atoms with Gasteiger partial charge < -0.3 is 10.5 Å². The van der Waals surface area contributed by atoms with E-state index in [4.69, 9.17) is 10.5 Å². The molecule has 116 valence electrons. The van der Waals surface area contributed by atoms with E-state index in [0.717, 1.165) is 43.5 Å². The van der Waals surface area contributed by atoms with Gasteiger partial charge in [0.05, 0.1) is 6.61 Å². The van der Waals surface area contributed by atoms with Crippen molar-refractivity contribution in [3.05, 3.63) is 29.3 Å². The zero-order valence-electron chi connectivity index (χ0n) is 13.5. The number of hydrogen-bond acceptors (Lipinski definition) is 2. The standard InChI is InChI=1S/C19H29NO/c1-14(2)16-6-10-19(20,11-7-16)9-5-15-3-4-18-17(13-15)8-12-21-18/h3-4,13-14,16H,5-12,20H2,1-2H3. The molecule has 0 unspecified atom stereocenters. The third-order valence-corrected chi connectivity index (χ3v) is 5.63. The second-order valence-electron chi connectivity index (χ2n) is 7.48. The highest BCUT2D eigenvalue weighted by molar-refractivity contribution is 5.39. The van der Waals surface area contributed by atoms with Crippen LogP contribution in [0.3, 0.4) is 0 Å². The van der Waals surface area contributed by atoms with E-state index in [1.54, 1.807) is 0 Å². The monoisotopic (exact) mass is 287 g/mol. The molecule has 2 N–H and O–H groups in total. The summed E-state index contributed by atoms with van der Waals surface area (Å²) in [6, 6.07) is 6.68. The SMILES string of the molecule is CC(C)C1CCC(N)(CCc2ccc3c(c2)CCO3)CC1. The van der Waals surface area contributed by atoms with Crippen LogP contribution in [0.15, 0.2) is 18.2 Å². The molecule has 2 aliphatic rings. The number of benzene rings is 1. The lowest BCUT2D eigenvalue weighted by Crippen LogP contribution is -2.44. The van der Waals surface area contributed by atoms with Crippen molar-refractivity contribution in [2.75, 3.05) is 6.61 Å². The number of rotatable bonds is 4. The van der Waals surface area contributed by atoms with E-state index in [9.17, 15) is 0 Å². The van der Waals surface area contributed by atoms with Crippen LogP contribution in [0.1, 0.15) is 57.1 Å². The number of hydrogen-bond donors (Lipinski definition) is 1. The lowest BCUT2D eigenvalue weighted by Gasteiger charge is -2.38. The molecule has 2 heteroatoms. The minimum Gasteiger partial charge on any atom is -0.493 e. The minimum absolute atomic E-state index is 0.0703. The molecule has 0 radical (unpaired) electrons. The number of aryl methyl sites for hydroxylation is 1. The van der Waals surface area contributed by atoms with Crippen LogP contribution < -0.4 is 10.5 Å². The molecule has 1 aromatic rings. The third kappa shape index (κ3) is 3.42. The zero-order chi connectivity index (χ0) is 14.9. The van der Waals surface area contributed by atoms with Crippen LogP contribution in [0.4, 0.5) is 0 Å². The summed E-state index contributed by atoms with van der Waals surface area (Å²) in [6.07, 6.45) is 8.31. The normalized spacial score (nSPS) is 28.5. The number of nitrogens with two attached hydrogens (primary N) is 1. The van der Waals surface area contributed by atoms with Crippen molar-refractivity contribution < 1.29 is 4.74 Å². The van der Waals surface area contributed by atoms with E-state index < -0.39 is 0 Å². The highest BCUT2D eigenvalue weighted by Gasteiger charge is 2.32. The minimum atomic E-state index is 0.0703. The van der Waals surface area contributed by atoms with Crippen molar-refractivity contribution in [2.24, 2.45) is 17.6 Å². The van der Waals surface area contributed by atoms with Crippen molar-refractivity contribution in [2.45, 2.75) is 64.3 Å². The summed E-state index contributed by atoms with van der Waals surface area (Å²) in [5.74, 6) is 2.78. The molecule has 21 heavy (non-hydrogen) atoms. The van der Waals surface area contributed by atoms with Gasteiger partial charge in [-0.15, -0.1) is 0 Å². The fourth-order valence-corrected chi connectivity index (χ4v) is 3.92. The van der Waals surface area contributed by atoms with Gasteiger partial charge in [0.2, 0.25) is 0 Å². The van der Waals surface area contributed by atoms with Gasteiger partial charge in [0, 0.05) is 12.0 Å². The van der Waals surface area contributed by atoms with Crippen molar-refractivity contribution in [1.29, 1.82) is 0 Å². The molecule has 1 aliphatic carbocycles. The van der Waals surface area contributed by atoms with E-state index in [1.807, 2.05) is 0 Å². The predicted molar refractivity (Wildman–Crippen MR) is 87.7 cm³/mol. The highest BCUT2D eigenvalue weighted by atomic mass is 16.5. The second-order valence-corrected chi connectivity index (χ2v) is 7.48. The maximum absolute atomic E-state index is 6.66. The van der Waals surface area contributed by atoms with E-state index in [1.165, 1.54) is 36.8 Å². The Balaban J connectivity index is 1.55. The molecular formula is C19H29NO. The molecular weight excluding hydrogens is 258 g/mol. The molecule has 2 nitrogen and oxygen atoms in total. The molecule has 0 atom stereocenters. The molecule has 0 spiro atoms. The average molecular weight is 287 g/mol. The van der Waals surface area contributed by atoms with Gasteiger partial charge in [0.15, 0.2) is 0 Å². The van der Waals surface area contributed by atoms with Crippen molar-refractivity contribution in [3.63, 3.8) is 0 Å². The molecule has 0 aromatic heterocycles. The van der Waals surface area contributed by atoms with Crippen molar-refractivity contribution in [1.82, 2.24) is 0 Å². The lowest BCUT2D eigenvalue weighted by molar-refractivity contribution is 0.187. The molecule has 0 bridgehead atoms. The largest absolute Gasteiger partial charge is 0.493 e. The van der Waals surface area contributed by atoms with E-state index in [0.29, 0.717) is 0 Å². The molecule has 0 amide bonds. The van der Waals surface area contributed by atoms with Crippen LogP contribution in [0.2, 0.25) is 0 Å². The first-order valence-corrected chi connectivity index (χ1v) is 8.59. The van der Waals surface area contributed by atoms with Gasteiger partial charge in [-0.05, 0) is 67.6 Å². The Labute approximate surface area is 129 Å². The summed E-state index contributed by atoms with van der Waals surface area (Å²) in [7, 11) is 0. The van der Waals surface area contributed by atoms with Crippen LogP contribution in [-0.2, 0) is 12.8 Å². The molecule has 1 fully saturated rings. The van der Waals surface area contributed by atoms with Gasteiger partial charge in [-0.1, -0.05) is 26.0 Å². The molecule has 1 saturated carbocycles. The molecule has 1 aromatic carbocycles. The highest BCUT2D eigenvalue weighted by Crippen LogP contribution is 2.37. The summed E-state index contributed by atoms with van der Waals surface area (Å²) in [5.41, 5.74) is 9.53. The van der Waals surface area contributed by atoms with E-state index in [2.05, 4.69) is 32.0 Å². The fraction of sp³-hybridized carbons (Fsp3) is 0.684. The lowest BCUT2D eigenvalue weighted by atomic mass is 9.71. The maximum atomic E-state index is 6.66. The Bertz CT molecular complexity index is 486. The number of fused-ring (bicyclic) bond motifs is 1. The van der Waals surface area contributed by atoms with Crippen LogP contribution in [0.25, 0.3) is 0 Å². The van der Waals surface area contributed by atoms with Crippen LogP contribution in [0, 0.1) is 11.8 Å². The summed E-state index contributed by atoms with van der Waals surface area (Å²) >= 11 is 0. The van der Waals surface area contributed by atoms with Gasteiger partial charge in [0.1, 0.15) is 5.75 Å². The Morgan fingerprint density at radius 3 is 2.76 bits per heavy atom. The molecule has 3 rings (SSSR count). The molecule has 0 saturated heterocycles. The van der Waals surface area contributed by atoms with Crippen molar-refractivity contribution in [3.8, 4) is 5.75 Å². The molecule has 1 aliphatic heterocycles. The third-order valence-electron chi connectivity index (χ3n) is 5.63. The summed E-state index contributed by atoms with van der Waals surface area (Å²) in [5, 5.41) is 0. The van der Waals surface area contributed by atoms with Gasteiger partial charge in [-0.25, -0.2) is 0 Å². The average Bonchev–Trinajstić information content (AvgIpc) is 2.93. The van der Waals surface area contributed by atoms with Crippen LogP contribution in [-0.4, -0.2) is 12.1 Å². The van der Waals surface area contributed by atoms with Gasteiger partial charge >= 0.3 is 0 Å². The Hall–Kier alpha value is -1.02. The predicted octanol–water partition coefficient (Wildman–Crippen LogP) is 4.10. The first-order valence-electron chi connectivity index (χ1n) is 8.59. The van der Waals surface area contributed by atoms with Gasteiger partial charge in [0.25, 0.3) is 0 Å². The Morgan fingerprint density at radius 1 is 1.29 bits per heavy atom. The van der Waals surface area contributed by atoms with Gasteiger partial charge in [-0.2, -0.15) is 0 Å². The maximum Gasteiger partial charge on any atom is 0.122 e. The van der Waals surface area contributed by atoms with E-state index >= 15 is 0 Å². The van der Waals surface area contributed by atoms with E-state index in [-0.39, 0.29) is 5.54 Å². The summed E-state index contributed by atoms with van der Waals surface area (Å²) in [6.45, 7) is 5.54. The summed E-state index contributed by atoms with van der Waals surface area (Å²) in [4.78, 5) is 0. The van der Waals surface area contributed by atoms with Crippen molar-refractivity contribution >= 4 is 0 Å². The van der Waals surface area contributed by atoms with Gasteiger partial charge in [-0.3, -0.25) is 0 Å². The first kappa shape index (κ1) is 14.9. The smallest absolute Gasteiger partial charge is 0.122 e. The Morgan fingerprint density at radius 2 is 2.05 bits per heavy atom. The molecule has 1 heterocycles.